The van der Waals surface area contributed by atoms with Crippen molar-refractivity contribution in [2.45, 2.75) is 64.7 Å². The molecule has 1 aliphatic heterocycles. The van der Waals surface area contributed by atoms with E-state index in [1.807, 2.05) is 29.3 Å². The standard InChI is InChI=1S/C25H35N5O3/c1-3-20-24(28(2)25(33)18-9-5-4-6-10-18)30-17-19(12-13-21(30)27-20)23(32)26-14-8-16-29-15-7-11-22(29)31/h12-13,17-18H,3-11,14-16H2,1-2H3,(H,26,32). The molecule has 1 aliphatic carbocycles. The zero-order valence-electron chi connectivity index (χ0n) is 19.8. The number of aromatic nitrogens is 2. The topological polar surface area (TPSA) is 87.0 Å². The van der Waals surface area contributed by atoms with Gasteiger partial charge in [-0.05, 0) is 44.2 Å². The van der Waals surface area contributed by atoms with E-state index in [0.717, 1.165) is 62.2 Å². The quantitative estimate of drug-likeness (QED) is 0.622. The summed E-state index contributed by atoms with van der Waals surface area (Å²) in [5.74, 6) is 0.998. The zero-order valence-corrected chi connectivity index (χ0v) is 19.8. The molecule has 2 aromatic heterocycles. The molecule has 4 rings (SSSR count). The fourth-order valence-corrected chi connectivity index (χ4v) is 5.05. The fourth-order valence-electron chi connectivity index (χ4n) is 5.05. The Morgan fingerprint density at radius 2 is 1.97 bits per heavy atom. The van der Waals surface area contributed by atoms with E-state index >= 15 is 0 Å². The van der Waals surface area contributed by atoms with Crippen molar-refractivity contribution in [2.24, 2.45) is 5.92 Å². The van der Waals surface area contributed by atoms with E-state index in [-0.39, 0.29) is 23.6 Å². The molecule has 2 aromatic rings. The highest BCUT2D eigenvalue weighted by Gasteiger charge is 2.28. The van der Waals surface area contributed by atoms with Crippen molar-refractivity contribution in [1.29, 1.82) is 0 Å². The number of nitrogens with zero attached hydrogens (tertiary/aromatic N) is 4. The summed E-state index contributed by atoms with van der Waals surface area (Å²) in [7, 11) is 1.83. The summed E-state index contributed by atoms with van der Waals surface area (Å²) < 4.78 is 1.87. The van der Waals surface area contributed by atoms with Crippen molar-refractivity contribution in [2.75, 3.05) is 31.6 Å². The minimum absolute atomic E-state index is 0.0629. The molecule has 0 bridgehead atoms. The fraction of sp³-hybridized carbons (Fsp3) is 0.600. The third-order valence-electron chi connectivity index (χ3n) is 6.92. The lowest BCUT2D eigenvalue weighted by Gasteiger charge is -2.26. The van der Waals surface area contributed by atoms with Crippen molar-refractivity contribution >= 4 is 29.2 Å². The number of aryl methyl sites for hydroxylation is 1. The van der Waals surface area contributed by atoms with Crippen LogP contribution in [0.4, 0.5) is 5.82 Å². The molecular formula is C25H35N5O3. The van der Waals surface area contributed by atoms with Crippen molar-refractivity contribution in [3.63, 3.8) is 0 Å². The average molecular weight is 454 g/mol. The van der Waals surface area contributed by atoms with Gasteiger partial charge in [-0.3, -0.25) is 23.7 Å². The Hall–Kier alpha value is -2.90. The number of fused-ring (bicyclic) bond motifs is 1. The number of hydrogen-bond donors (Lipinski definition) is 1. The Labute approximate surface area is 195 Å². The number of rotatable bonds is 8. The van der Waals surface area contributed by atoms with Gasteiger partial charge in [0.1, 0.15) is 11.5 Å². The smallest absolute Gasteiger partial charge is 0.252 e. The molecule has 3 heterocycles. The van der Waals surface area contributed by atoms with Gasteiger partial charge in [0.15, 0.2) is 0 Å². The number of pyridine rings is 1. The summed E-state index contributed by atoms with van der Waals surface area (Å²) in [4.78, 5) is 46.0. The van der Waals surface area contributed by atoms with Crippen LogP contribution < -0.4 is 10.2 Å². The average Bonchev–Trinajstić information content (AvgIpc) is 3.43. The van der Waals surface area contributed by atoms with Gasteiger partial charge < -0.3 is 10.2 Å². The molecule has 33 heavy (non-hydrogen) atoms. The van der Waals surface area contributed by atoms with Crippen molar-refractivity contribution in [1.82, 2.24) is 19.6 Å². The second kappa shape index (κ2) is 10.4. The minimum Gasteiger partial charge on any atom is -0.352 e. The lowest BCUT2D eigenvalue weighted by molar-refractivity contribution is -0.127. The normalized spacial score (nSPS) is 17.0. The first-order valence-corrected chi connectivity index (χ1v) is 12.3. The third kappa shape index (κ3) is 5.04. The monoisotopic (exact) mass is 453 g/mol. The van der Waals surface area contributed by atoms with Gasteiger partial charge in [0, 0.05) is 45.2 Å². The maximum Gasteiger partial charge on any atom is 0.252 e. The zero-order chi connectivity index (χ0) is 23.4. The van der Waals surface area contributed by atoms with Crippen LogP contribution in [0.25, 0.3) is 5.65 Å². The molecule has 0 spiro atoms. The van der Waals surface area contributed by atoms with Crippen LogP contribution in [-0.2, 0) is 16.0 Å². The van der Waals surface area contributed by atoms with Gasteiger partial charge in [0.25, 0.3) is 5.91 Å². The van der Waals surface area contributed by atoms with Crippen LogP contribution in [-0.4, -0.2) is 58.7 Å². The van der Waals surface area contributed by atoms with Crippen molar-refractivity contribution in [3.8, 4) is 0 Å². The Kier molecular flexibility index (Phi) is 7.30. The maximum atomic E-state index is 13.2. The van der Waals surface area contributed by atoms with Crippen LogP contribution in [0.3, 0.4) is 0 Å². The van der Waals surface area contributed by atoms with E-state index in [0.29, 0.717) is 31.5 Å². The van der Waals surface area contributed by atoms with Gasteiger partial charge in [-0.2, -0.15) is 0 Å². The predicted octanol–water partition coefficient (Wildman–Crippen LogP) is 3.18. The summed E-state index contributed by atoms with van der Waals surface area (Å²) >= 11 is 0. The Bertz CT molecular complexity index is 1020. The summed E-state index contributed by atoms with van der Waals surface area (Å²) in [5, 5.41) is 2.96. The molecule has 2 fully saturated rings. The Morgan fingerprint density at radius 1 is 1.18 bits per heavy atom. The SMILES string of the molecule is CCc1nc2ccc(C(=O)NCCCN3CCCC3=O)cn2c1N(C)C(=O)C1CCCCC1. The molecular weight excluding hydrogens is 418 g/mol. The molecule has 0 atom stereocenters. The Morgan fingerprint density at radius 3 is 2.67 bits per heavy atom. The van der Waals surface area contributed by atoms with Crippen LogP contribution in [0.5, 0.6) is 0 Å². The number of likely N-dealkylation sites (tertiary alicyclic amines) is 1. The van der Waals surface area contributed by atoms with E-state index in [1.165, 1.54) is 6.42 Å². The van der Waals surface area contributed by atoms with E-state index in [2.05, 4.69) is 5.32 Å². The van der Waals surface area contributed by atoms with Crippen molar-refractivity contribution in [3.05, 3.63) is 29.6 Å². The first-order chi connectivity index (χ1) is 16.0. The summed E-state index contributed by atoms with van der Waals surface area (Å²) in [6.07, 6.45) is 10.1. The highest BCUT2D eigenvalue weighted by molar-refractivity contribution is 5.96. The molecule has 8 heteroatoms. The summed E-state index contributed by atoms with van der Waals surface area (Å²) in [6.45, 7) is 4.04. The molecule has 8 nitrogen and oxygen atoms in total. The van der Waals surface area contributed by atoms with Gasteiger partial charge >= 0.3 is 0 Å². The van der Waals surface area contributed by atoms with Crippen LogP contribution in [0.15, 0.2) is 18.3 Å². The highest BCUT2D eigenvalue weighted by Crippen LogP contribution is 2.29. The number of anilines is 1. The number of nitrogens with one attached hydrogen (secondary N) is 1. The molecule has 1 N–H and O–H groups in total. The van der Waals surface area contributed by atoms with Gasteiger partial charge in [0.2, 0.25) is 11.8 Å². The van der Waals surface area contributed by atoms with Gasteiger partial charge in [-0.15, -0.1) is 0 Å². The first-order valence-electron chi connectivity index (χ1n) is 12.3. The van der Waals surface area contributed by atoms with Crippen molar-refractivity contribution < 1.29 is 14.4 Å². The van der Waals surface area contributed by atoms with Gasteiger partial charge in [0.05, 0.1) is 11.3 Å². The Balaban J connectivity index is 1.47. The molecule has 0 radical (unpaired) electrons. The lowest BCUT2D eigenvalue weighted by Crippen LogP contribution is -2.35. The number of amides is 3. The molecule has 178 valence electrons. The van der Waals surface area contributed by atoms with E-state index < -0.39 is 0 Å². The van der Waals surface area contributed by atoms with E-state index in [4.69, 9.17) is 4.98 Å². The molecule has 3 amide bonds. The maximum absolute atomic E-state index is 13.2. The summed E-state index contributed by atoms with van der Waals surface area (Å²) in [5.41, 5.74) is 2.11. The van der Waals surface area contributed by atoms with E-state index in [1.54, 1.807) is 17.2 Å². The van der Waals surface area contributed by atoms with Crippen LogP contribution in [0.2, 0.25) is 0 Å². The largest absolute Gasteiger partial charge is 0.352 e. The van der Waals surface area contributed by atoms with Crippen LogP contribution >= 0.6 is 0 Å². The molecule has 0 aromatic carbocycles. The first kappa shape index (κ1) is 23.3. The second-order valence-electron chi connectivity index (χ2n) is 9.21. The third-order valence-corrected chi connectivity index (χ3v) is 6.92. The number of carbonyl (C=O) groups is 3. The number of hydrogen-bond acceptors (Lipinski definition) is 4. The molecule has 1 saturated heterocycles. The van der Waals surface area contributed by atoms with Crippen LogP contribution in [0.1, 0.15) is 74.3 Å². The van der Waals surface area contributed by atoms with Crippen LogP contribution in [0, 0.1) is 5.92 Å². The summed E-state index contributed by atoms with van der Waals surface area (Å²) in [6, 6.07) is 3.60. The van der Waals surface area contributed by atoms with Gasteiger partial charge in [-0.1, -0.05) is 26.2 Å². The molecule has 2 aliphatic rings. The van der Waals surface area contributed by atoms with E-state index in [9.17, 15) is 14.4 Å². The predicted molar refractivity (Wildman–Crippen MR) is 127 cm³/mol. The highest BCUT2D eigenvalue weighted by atomic mass is 16.2. The molecule has 0 unspecified atom stereocenters. The number of imidazole rings is 1. The number of carbonyl (C=O) groups excluding carboxylic acids is 3. The lowest BCUT2D eigenvalue weighted by atomic mass is 9.88. The molecule has 1 saturated carbocycles. The minimum atomic E-state index is -0.163. The van der Waals surface area contributed by atoms with Gasteiger partial charge in [-0.25, -0.2) is 4.98 Å². The second-order valence-corrected chi connectivity index (χ2v) is 9.21.